The Morgan fingerprint density at radius 3 is 2.09 bits per heavy atom. The van der Waals surface area contributed by atoms with Crippen LogP contribution in [0.1, 0.15) is 32.1 Å². The van der Waals surface area contributed by atoms with E-state index in [2.05, 4.69) is 0 Å². The van der Waals surface area contributed by atoms with Gasteiger partial charge in [-0.2, -0.15) is 0 Å². The third kappa shape index (κ3) is 1.40. The molecule has 0 aromatic carbocycles. The van der Waals surface area contributed by atoms with Crippen LogP contribution in [0.25, 0.3) is 0 Å². The van der Waals surface area contributed by atoms with Gasteiger partial charge in [-0.05, 0) is 38.0 Å². The lowest BCUT2D eigenvalue weighted by molar-refractivity contribution is -0.0709. The van der Waals surface area contributed by atoms with Crippen LogP contribution in [-0.2, 0) is 0 Å². The predicted molar refractivity (Wildman–Crippen MR) is 46.7 cm³/mol. The molecular formula is C8H16ClNO. The summed E-state index contributed by atoms with van der Waals surface area (Å²) in [5.41, 5.74) is 5.33. The molecule has 3 N–H and O–H groups in total. The fraction of sp³-hybridized carbons (Fsp3) is 1.00. The van der Waals surface area contributed by atoms with Crippen molar-refractivity contribution in [2.45, 2.75) is 43.7 Å². The van der Waals surface area contributed by atoms with Crippen molar-refractivity contribution < 1.29 is 5.11 Å². The molecule has 3 aliphatic carbocycles. The quantitative estimate of drug-likeness (QED) is 0.582. The highest BCUT2D eigenvalue weighted by atomic mass is 35.5. The lowest BCUT2D eigenvalue weighted by Crippen LogP contribution is -2.55. The van der Waals surface area contributed by atoms with Gasteiger partial charge in [0, 0.05) is 6.04 Å². The van der Waals surface area contributed by atoms with Gasteiger partial charge in [-0.15, -0.1) is 12.4 Å². The first-order chi connectivity index (χ1) is 4.71. The molecule has 0 heterocycles. The van der Waals surface area contributed by atoms with Gasteiger partial charge in [0.05, 0.1) is 5.60 Å². The maximum Gasteiger partial charge on any atom is 0.0798 e. The molecule has 2 nitrogen and oxygen atoms in total. The molecule has 0 aromatic heterocycles. The second-order valence-electron chi connectivity index (χ2n) is 3.89. The van der Waals surface area contributed by atoms with Crippen molar-refractivity contribution in [3.63, 3.8) is 0 Å². The number of aliphatic hydroxyl groups is 1. The second kappa shape index (κ2) is 2.92. The molecule has 3 rings (SSSR count). The molecule has 0 spiro atoms. The smallest absolute Gasteiger partial charge is 0.0798 e. The highest BCUT2D eigenvalue weighted by Gasteiger charge is 2.44. The van der Waals surface area contributed by atoms with E-state index in [1.165, 1.54) is 12.8 Å². The molecule has 0 amide bonds. The van der Waals surface area contributed by atoms with E-state index in [-0.39, 0.29) is 18.4 Å². The van der Waals surface area contributed by atoms with Crippen molar-refractivity contribution in [2.75, 3.05) is 0 Å². The van der Waals surface area contributed by atoms with Crippen molar-refractivity contribution >= 4 is 12.4 Å². The van der Waals surface area contributed by atoms with Gasteiger partial charge in [0.1, 0.15) is 0 Å². The van der Waals surface area contributed by atoms with Gasteiger partial charge < -0.3 is 10.8 Å². The molecule has 3 heteroatoms. The third-order valence-electron chi connectivity index (χ3n) is 3.25. The molecule has 0 radical (unpaired) electrons. The molecular weight excluding hydrogens is 162 g/mol. The maximum atomic E-state index is 9.86. The van der Waals surface area contributed by atoms with Crippen molar-refractivity contribution in [3.8, 4) is 0 Å². The van der Waals surface area contributed by atoms with Crippen LogP contribution in [0.4, 0.5) is 0 Å². The molecule has 66 valence electrons. The summed E-state index contributed by atoms with van der Waals surface area (Å²) in [7, 11) is 0. The fourth-order valence-electron chi connectivity index (χ4n) is 2.36. The Morgan fingerprint density at radius 1 is 1.27 bits per heavy atom. The van der Waals surface area contributed by atoms with Crippen molar-refractivity contribution in [1.29, 1.82) is 0 Å². The van der Waals surface area contributed by atoms with E-state index in [1.54, 1.807) is 0 Å². The highest BCUT2D eigenvalue weighted by Crippen LogP contribution is 2.43. The van der Waals surface area contributed by atoms with Gasteiger partial charge in [0.15, 0.2) is 0 Å². The maximum absolute atomic E-state index is 9.86. The first kappa shape index (κ1) is 9.30. The Labute approximate surface area is 73.6 Å². The summed E-state index contributed by atoms with van der Waals surface area (Å²) in [4.78, 5) is 0. The zero-order valence-electron chi connectivity index (χ0n) is 6.62. The molecule has 3 fully saturated rings. The van der Waals surface area contributed by atoms with Crippen LogP contribution in [0, 0.1) is 5.92 Å². The topological polar surface area (TPSA) is 46.2 Å². The average Bonchev–Trinajstić information content (AvgIpc) is 1.92. The minimum atomic E-state index is -0.477. The van der Waals surface area contributed by atoms with Crippen LogP contribution in [-0.4, -0.2) is 16.7 Å². The summed E-state index contributed by atoms with van der Waals surface area (Å²) in [6.07, 6.45) is 5.34. The normalized spacial score (nSPS) is 48.5. The Kier molecular flexibility index (Phi) is 2.47. The van der Waals surface area contributed by atoms with Crippen molar-refractivity contribution in [1.82, 2.24) is 0 Å². The number of fused-ring (bicyclic) bond motifs is 3. The fourth-order valence-corrected chi connectivity index (χ4v) is 2.36. The van der Waals surface area contributed by atoms with Gasteiger partial charge >= 0.3 is 0 Å². The monoisotopic (exact) mass is 177 g/mol. The first-order valence-corrected chi connectivity index (χ1v) is 4.19. The zero-order chi connectivity index (χ0) is 7.19. The lowest BCUT2D eigenvalue weighted by atomic mass is 9.65. The van der Waals surface area contributed by atoms with Gasteiger partial charge in [-0.25, -0.2) is 0 Å². The summed E-state index contributed by atoms with van der Waals surface area (Å²) in [5, 5.41) is 9.86. The van der Waals surface area contributed by atoms with Gasteiger partial charge in [-0.1, -0.05) is 0 Å². The summed E-state index contributed by atoms with van der Waals surface area (Å²) < 4.78 is 0. The molecule has 11 heavy (non-hydrogen) atoms. The number of rotatable bonds is 0. The predicted octanol–water partition coefficient (Wildman–Crippen LogP) is 1.06. The van der Waals surface area contributed by atoms with Crippen LogP contribution in [0.3, 0.4) is 0 Å². The van der Waals surface area contributed by atoms with E-state index in [1.807, 2.05) is 0 Å². The second-order valence-corrected chi connectivity index (χ2v) is 3.89. The van der Waals surface area contributed by atoms with Crippen molar-refractivity contribution in [2.24, 2.45) is 11.7 Å². The molecule has 3 saturated carbocycles. The molecule has 2 bridgehead atoms. The third-order valence-corrected chi connectivity index (χ3v) is 3.25. The number of hydrogen-bond acceptors (Lipinski definition) is 2. The SMILES string of the molecule is Cl.NC1CC2CCC1(O)CC2. The number of halogens is 1. The van der Waals surface area contributed by atoms with Crippen LogP contribution in [0.15, 0.2) is 0 Å². The Hall–Kier alpha value is 0.210. The van der Waals surface area contributed by atoms with Crippen LogP contribution < -0.4 is 5.73 Å². The van der Waals surface area contributed by atoms with E-state index < -0.39 is 5.60 Å². The Morgan fingerprint density at radius 2 is 1.82 bits per heavy atom. The molecule has 1 atom stereocenters. The number of hydrogen-bond donors (Lipinski definition) is 2. The summed E-state index contributed by atoms with van der Waals surface area (Å²) in [6, 6.07) is 0.0694. The average molecular weight is 178 g/mol. The first-order valence-electron chi connectivity index (χ1n) is 4.19. The molecule has 0 aromatic rings. The summed E-state index contributed by atoms with van der Waals surface area (Å²) >= 11 is 0. The van der Waals surface area contributed by atoms with Crippen LogP contribution in [0.2, 0.25) is 0 Å². The Balaban J connectivity index is 0.000000605. The number of nitrogens with two attached hydrogens (primary N) is 1. The van der Waals surface area contributed by atoms with Gasteiger partial charge in [0.25, 0.3) is 0 Å². The highest BCUT2D eigenvalue weighted by molar-refractivity contribution is 5.85. The largest absolute Gasteiger partial charge is 0.388 e. The van der Waals surface area contributed by atoms with E-state index in [4.69, 9.17) is 5.73 Å². The van der Waals surface area contributed by atoms with Gasteiger partial charge in [0.2, 0.25) is 0 Å². The van der Waals surface area contributed by atoms with Crippen LogP contribution >= 0.6 is 12.4 Å². The molecule has 0 aliphatic heterocycles. The Bertz CT molecular complexity index is 143. The van der Waals surface area contributed by atoms with Crippen molar-refractivity contribution in [3.05, 3.63) is 0 Å². The molecule has 0 saturated heterocycles. The summed E-state index contributed by atoms with van der Waals surface area (Å²) in [5.74, 6) is 0.823. The molecule has 1 unspecified atom stereocenters. The van der Waals surface area contributed by atoms with Crippen LogP contribution in [0.5, 0.6) is 0 Å². The zero-order valence-corrected chi connectivity index (χ0v) is 7.44. The lowest BCUT2D eigenvalue weighted by Gasteiger charge is -2.47. The van der Waals surface area contributed by atoms with E-state index in [0.29, 0.717) is 0 Å². The van der Waals surface area contributed by atoms with Gasteiger partial charge in [-0.3, -0.25) is 0 Å². The molecule has 3 aliphatic rings. The standard InChI is InChI=1S/C8H15NO.ClH/c9-7-5-6-1-3-8(7,10)4-2-6;/h6-7,10H,1-5,9H2;1H. The van der Waals surface area contributed by atoms with E-state index in [9.17, 15) is 5.11 Å². The summed E-state index contributed by atoms with van der Waals surface area (Å²) in [6.45, 7) is 0. The minimum absolute atomic E-state index is 0. The minimum Gasteiger partial charge on any atom is -0.388 e. The van der Waals surface area contributed by atoms with E-state index >= 15 is 0 Å². The van der Waals surface area contributed by atoms with E-state index in [0.717, 1.165) is 25.2 Å².